The fourth-order valence-electron chi connectivity index (χ4n) is 3.44. The first-order valence-corrected chi connectivity index (χ1v) is 11.1. The Morgan fingerprint density at radius 1 is 1.12 bits per heavy atom. The van der Waals surface area contributed by atoms with E-state index in [9.17, 15) is 19.2 Å². The van der Waals surface area contributed by atoms with Gasteiger partial charge in [0.2, 0.25) is 12.2 Å². The molecule has 8 nitrogen and oxygen atoms in total. The first kappa shape index (κ1) is 28.5. The maximum absolute atomic E-state index is 13.5. The van der Waals surface area contributed by atoms with Crippen molar-refractivity contribution in [3.63, 3.8) is 0 Å². The number of benzene rings is 1. The van der Waals surface area contributed by atoms with Gasteiger partial charge in [-0.2, -0.15) is 0 Å². The Kier molecular flexibility index (Phi) is 9.93. The van der Waals surface area contributed by atoms with Gasteiger partial charge in [0.15, 0.2) is 5.78 Å². The van der Waals surface area contributed by atoms with Crippen LogP contribution in [0.5, 0.6) is 0 Å². The Morgan fingerprint density at radius 3 is 2.21 bits per heavy atom. The molecule has 183 valence electrons. The number of Topliss-reactive ketones (excluding diaryl/α,β-unsaturated/α-hetero) is 1. The van der Waals surface area contributed by atoms with Crippen LogP contribution in [0.15, 0.2) is 18.2 Å². The minimum Gasteiger partial charge on any atom is -0.481 e. The average Bonchev–Trinajstić information content (AvgIpc) is 2.68. The Bertz CT molecular complexity index is 868. The van der Waals surface area contributed by atoms with Crippen molar-refractivity contribution in [1.82, 2.24) is 10.6 Å². The van der Waals surface area contributed by atoms with Crippen molar-refractivity contribution < 1.29 is 24.3 Å². The Balaban J connectivity index is 3.20. The maximum Gasteiger partial charge on any atom is 0.303 e. The van der Waals surface area contributed by atoms with Crippen molar-refractivity contribution in [1.29, 1.82) is 0 Å². The predicted octanol–water partition coefficient (Wildman–Crippen LogP) is 2.31. The molecule has 5 N–H and O–H groups in total. The number of hydrogen-bond acceptors (Lipinski definition) is 6. The van der Waals surface area contributed by atoms with Gasteiger partial charge >= 0.3 is 5.97 Å². The summed E-state index contributed by atoms with van der Waals surface area (Å²) in [5.41, 5.74) is 7.06. The lowest BCUT2D eigenvalue weighted by atomic mass is 9.87. The zero-order valence-electron chi connectivity index (χ0n) is 20.7. The van der Waals surface area contributed by atoms with Crippen molar-refractivity contribution in [3.05, 3.63) is 34.9 Å². The lowest BCUT2D eigenvalue weighted by molar-refractivity contribution is -0.137. The zero-order chi connectivity index (χ0) is 25.6. The summed E-state index contributed by atoms with van der Waals surface area (Å²) < 4.78 is 0. The zero-order valence-corrected chi connectivity index (χ0v) is 20.7. The van der Waals surface area contributed by atoms with Gasteiger partial charge in [-0.25, -0.2) is 0 Å². The monoisotopic (exact) mass is 460 g/mol. The van der Waals surface area contributed by atoms with Gasteiger partial charge in [-0.15, -0.1) is 0 Å². The molecule has 0 spiro atoms. The number of carbonyl (C=O) groups excluding carboxylic acids is 3. The van der Waals surface area contributed by atoms with Crippen LogP contribution in [0.1, 0.15) is 75.9 Å². The highest BCUT2D eigenvalue weighted by Gasteiger charge is 2.31. The molecule has 0 aromatic heterocycles. The molecule has 1 amide bonds. The summed E-state index contributed by atoms with van der Waals surface area (Å²) in [6.07, 6.45) is 1.92. The molecule has 0 aliphatic heterocycles. The molecule has 0 saturated carbocycles. The summed E-state index contributed by atoms with van der Waals surface area (Å²) in [6.45, 7) is 13.0. The second-order valence-corrected chi connectivity index (χ2v) is 10.6. The van der Waals surface area contributed by atoms with E-state index in [1.54, 1.807) is 12.1 Å². The first-order chi connectivity index (χ1) is 15.1. The quantitative estimate of drug-likeness (QED) is 0.372. The van der Waals surface area contributed by atoms with Crippen LogP contribution in [-0.4, -0.2) is 52.7 Å². The van der Waals surface area contributed by atoms with Gasteiger partial charge < -0.3 is 21.5 Å². The van der Waals surface area contributed by atoms with Crippen molar-refractivity contribution >= 4 is 23.9 Å². The normalized spacial score (nSPS) is 14.8. The molecule has 1 aromatic rings. The number of carbonyl (C=O) groups is 3. The molecule has 1 rings (SSSR count). The molecule has 1 aromatic carbocycles. The van der Waals surface area contributed by atoms with Crippen LogP contribution >= 0.6 is 0 Å². The topological polar surface area (TPSA) is 139 Å². The molecular weight excluding hydrogens is 422 g/mol. The number of aryl methyl sites for hydroxylation is 1. The van der Waals surface area contributed by atoms with Gasteiger partial charge in [-0.3, -0.25) is 19.2 Å². The first-order valence-electron chi connectivity index (χ1n) is 11.1. The molecule has 3 atom stereocenters. The van der Waals surface area contributed by atoms with E-state index in [1.807, 2.05) is 60.8 Å². The number of nitrogens with two attached hydrogens (primary N) is 1. The third-order valence-corrected chi connectivity index (χ3v) is 5.28. The van der Waals surface area contributed by atoms with Gasteiger partial charge in [0.05, 0.1) is 12.1 Å². The van der Waals surface area contributed by atoms with Crippen LogP contribution in [0.25, 0.3) is 0 Å². The number of ketones is 1. The highest BCUT2D eigenvalue weighted by Crippen LogP contribution is 2.21. The van der Waals surface area contributed by atoms with Crippen LogP contribution in [0.4, 0.5) is 0 Å². The van der Waals surface area contributed by atoms with E-state index in [0.717, 1.165) is 5.56 Å². The number of hydrogen-bond donors (Lipinski definition) is 4. The van der Waals surface area contributed by atoms with Crippen molar-refractivity contribution in [2.24, 2.45) is 11.1 Å². The highest BCUT2D eigenvalue weighted by molar-refractivity contribution is 6.02. The number of carboxylic acids is 1. The molecule has 33 heavy (non-hydrogen) atoms. The fourth-order valence-corrected chi connectivity index (χ4v) is 3.44. The van der Waals surface area contributed by atoms with E-state index in [0.29, 0.717) is 11.1 Å². The number of rotatable bonds is 11. The lowest BCUT2D eigenvalue weighted by Gasteiger charge is -2.29. The van der Waals surface area contributed by atoms with Crippen molar-refractivity contribution in [2.75, 3.05) is 0 Å². The summed E-state index contributed by atoms with van der Waals surface area (Å²) in [7, 11) is 0. The average molecular weight is 461 g/mol. The smallest absolute Gasteiger partial charge is 0.303 e. The van der Waals surface area contributed by atoms with Gasteiger partial charge in [0, 0.05) is 17.5 Å². The van der Waals surface area contributed by atoms with E-state index >= 15 is 0 Å². The minimum atomic E-state index is -0.983. The number of nitrogens with one attached hydrogen (secondary N) is 2. The third-order valence-electron chi connectivity index (χ3n) is 5.28. The molecule has 0 saturated heterocycles. The highest BCUT2D eigenvalue weighted by atomic mass is 16.4. The van der Waals surface area contributed by atoms with Crippen LogP contribution < -0.4 is 16.4 Å². The van der Waals surface area contributed by atoms with Crippen LogP contribution in [-0.2, 0) is 20.8 Å². The van der Waals surface area contributed by atoms with E-state index in [1.165, 1.54) is 0 Å². The Labute approximate surface area is 196 Å². The number of aliphatic carboxylic acids is 1. The van der Waals surface area contributed by atoms with Gasteiger partial charge in [0.25, 0.3) is 0 Å². The van der Waals surface area contributed by atoms with E-state index in [4.69, 9.17) is 10.8 Å². The molecule has 0 bridgehead atoms. The minimum absolute atomic E-state index is 0.0937. The number of amides is 1. The molecular formula is C25H38N3O5. The molecule has 0 aliphatic carbocycles. The Hall–Kier alpha value is -2.58. The molecule has 8 heteroatoms. The lowest BCUT2D eigenvalue weighted by Crippen LogP contribution is -2.51. The predicted molar refractivity (Wildman–Crippen MR) is 128 cm³/mol. The molecule has 0 fully saturated rings. The summed E-state index contributed by atoms with van der Waals surface area (Å²) in [4.78, 5) is 48.6. The second kappa shape index (κ2) is 11.5. The number of carboxylic acid groups (broad SMARTS) is 1. The Morgan fingerprint density at radius 2 is 1.73 bits per heavy atom. The van der Waals surface area contributed by atoms with Crippen LogP contribution in [0.2, 0.25) is 0 Å². The molecule has 0 unspecified atom stereocenters. The van der Waals surface area contributed by atoms with Crippen LogP contribution in [0.3, 0.4) is 0 Å². The van der Waals surface area contributed by atoms with Gasteiger partial charge in [0.1, 0.15) is 6.04 Å². The maximum atomic E-state index is 13.5. The van der Waals surface area contributed by atoms with Crippen molar-refractivity contribution in [2.45, 2.75) is 91.4 Å². The second-order valence-electron chi connectivity index (χ2n) is 10.6. The SMILES string of the molecule is Cc1cccc(C(=O)[C@H](CCC(=O)O)NC(C)(C)C)c1C[C@H](N)C(=O)N[C@H]([C]=O)C(C)(C)C. The van der Waals surface area contributed by atoms with Crippen LogP contribution in [0, 0.1) is 12.3 Å². The summed E-state index contributed by atoms with van der Waals surface area (Å²) >= 11 is 0. The summed E-state index contributed by atoms with van der Waals surface area (Å²) in [6, 6.07) is 2.75. The molecule has 1 radical (unpaired) electrons. The van der Waals surface area contributed by atoms with E-state index < -0.39 is 41.0 Å². The summed E-state index contributed by atoms with van der Waals surface area (Å²) in [5.74, 6) is -1.73. The van der Waals surface area contributed by atoms with E-state index in [-0.39, 0.29) is 25.0 Å². The van der Waals surface area contributed by atoms with Gasteiger partial charge in [-0.05, 0) is 57.1 Å². The summed E-state index contributed by atoms with van der Waals surface area (Å²) in [5, 5.41) is 15.0. The molecule has 0 aliphatic rings. The third kappa shape index (κ3) is 9.06. The fraction of sp³-hybridized carbons (Fsp3) is 0.600. The standard InChI is InChI=1S/C25H38N3O5/c1-15-9-8-10-16(22(32)19(11-12-21(30)31)28-25(5,6)7)17(15)13-18(26)23(33)27-20(14-29)24(2,3)4/h8-10,18-20,28H,11-13,26H2,1-7H3,(H,27,33)(H,30,31)/t18-,19-,20+/m0/s1. The van der Waals surface area contributed by atoms with Gasteiger partial charge in [-0.1, -0.05) is 39.0 Å². The molecule has 0 heterocycles. The largest absolute Gasteiger partial charge is 0.481 e. The van der Waals surface area contributed by atoms with Crippen molar-refractivity contribution in [3.8, 4) is 0 Å². The van der Waals surface area contributed by atoms with E-state index in [2.05, 4.69) is 10.6 Å².